The summed E-state index contributed by atoms with van der Waals surface area (Å²) in [5, 5.41) is 10.8. The molecule has 0 aliphatic rings. The zero-order chi connectivity index (χ0) is 13.0. The maximum atomic E-state index is 10.8. The lowest BCUT2D eigenvalue weighted by Crippen LogP contribution is -2.02. The second-order valence-electron chi connectivity index (χ2n) is 3.45. The highest BCUT2D eigenvalue weighted by atomic mass is 16.6. The number of hydrogen-bond acceptors (Lipinski definition) is 6. The van der Waals surface area contributed by atoms with Crippen LogP contribution in [-0.2, 0) is 6.61 Å². The van der Waals surface area contributed by atoms with E-state index in [9.17, 15) is 10.1 Å². The second-order valence-corrected chi connectivity index (χ2v) is 3.45. The van der Waals surface area contributed by atoms with Crippen LogP contribution in [0, 0.1) is 10.1 Å². The Labute approximate surface area is 102 Å². The quantitative estimate of drug-likeness (QED) is 0.648. The van der Waals surface area contributed by atoms with Gasteiger partial charge >= 0.3 is 5.69 Å². The fraction of sp³-hybridized carbons (Fsp3) is 0.0909. The highest BCUT2D eigenvalue weighted by molar-refractivity contribution is 5.45. The summed E-state index contributed by atoms with van der Waals surface area (Å²) in [5.74, 6) is 0.505. The molecule has 1 heterocycles. The first-order chi connectivity index (χ1) is 8.66. The summed E-state index contributed by atoms with van der Waals surface area (Å²) >= 11 is 0. The number of nitro benzene ring substituents is 1. The van der Waals surface area contributed by atoms with E-state index in [-0.39, 0.29) is 18.0 Å². The van der Waals surface area contributed by atoms with Gasteiger partial charge < -0.3 is 10.5 Å². The van der Waals surface area contributed by atoms with Crippen molar-refractivity contribution >= 4 is 11.5 Å². The Balaban J connectivity index is 2.10. The molecule has 0 amide bonds. The summed E-state index contributed by atoms with van der Waals surface area (Å²) < 4.78 is 5.34. The Kier molecular flexibility index (Phi) is 3.33. The lowest BCUT2D eigenvalue weighted by molar-refractivity contribution is -0.385. The predicted octanol–water partition coefficient (Wildman–Crippen LogP) is 1.55. The SMILES string of the molecule is Nc1cnc(COc2ccccc2[N+](=O)[O-])cn1. The largest absolute Gasteiger partial charge is 0.480 e. The molecule has 2 N–H and O–H groups in total. The van der Waals surface area contributed by atoms with Gasteiger partial charge in [0.1, 0.15) is 12.4 Å². The van der Waals surface area contributed by atoms with Crippen LogP contribution in [0.1, 0.15) is 5.69 Å². The summed E-state index contributed by atoms with van der Waals surface area (Å²) in [6.45, 7) is 0.0954. The molecule has 0 aliphatic heterocycles. The average Bonchev–Trinajstić information content (AvgIpc) is 2.38. The van der Waals surface area contributed by atoms with Gasteiger partial charge in [0.05, 0.1) is 23.0 Å². The lowest BCUT2D eigenvalue weighted by Gasteiger charge is -2.05. The minimum absolute atomic E-state index is 0.0825. The number of rotatable bonds is 4. The summed E-state index contributed by atoms with van der Waals surface area (Å²) in [6.07, 6.45) is 2.86. The molecule has 0 saturated heterocycles. The predicted molar refractivity (Wildman–Crippen MR) is 63.9 cm³/mol. The maximum Gasteiger partial charge on any atom is 0.310 e. The summed E-state index contributed by atoms with van der Waals surface area (Å²) in [5.41, 5.74) is 5.86. The fourth-order valence-corrected chi connectivity index (χ4v) is 1.32. The van der Waals surface area contributed by atoms with Gasteiger partial charge in [-0.15, -0.1) is 0 Å². The number of anilines is 1. The van der Waals surface area contributed by atoms with Gasteiger partial charge in [-0.1, -0.05) is 12.1 Å². The molecule has 1 aromatic heterocycles. The van der Waals surface area contributed by atoms with E-state index >= 15 is 0 Å². The van der Waals surface area contributed by atoms with Crippen molar-refractivity contribution in [2.45, 2.75) is 6.61 Å². The summed E-state index contributed by atoms with van der Waals surface area (Å²) in [7, 11) is 0. The van der Waals surface area contributed by atoms with Gasteiger partial charge in [-0.3, -0.25) is 15.1 Å². The van der Waals surface area contributed by atoms with Crippen molar-refractivity contribution in [1.29, 1.82) is 0 Å². The number of nitro groups is 1. The van der Waals surface area contributed by atoms with E-state index in [1.165, 1.54) is 24.5 Å². The zero-order valence-corrected chi connectivity index (χ0v) is 9.31. The van der Waals surface area contributed by atoms with E-state index < -0.39 is 4.92 Å². The van der Waals surface area contributed by atoms with Crippen LogP contribution in [-0.4, -0.2) is 14.9 Å². The zero-order valence-electron chi connectivity index (χ0n) is 9.31. The third kappa shape index (κ3) is 2.70. The van der Waals surface area contributed by atoms with Gasteiger partial charge in [-0.2, -0.15) is 0 Å². The fourth-order valence-electron chi connectivity index (χ4n) is 1.32. The number of nitrogens with zero attached hydrogens (tertiary/aromatic N) is 3. The van der Waals surface area contributed by atoms with Crippen LogP contribution >= 0.6 is 0 Å². The van der Waals surface area contributed by atoms with Crippen molar-refractivity contribution in [3.05, 3.63) is 52.5 Å². The molecule has 0 saturated carbocycles. The average molecular weight is 246 g/mol. The van der Waals surface area contributed by atoms with Gasteiger partial charge in [0.15, 0.2) is 5.75 Å². The van der Waals surface area contributed by atoms with E-state index in [2.05, 4.69) is 9.97 Å². The van der Waals surface area contributed by atoms with E-state index in [0.717, 1.165) is 0 Å². The van der Waals surface area contributed by atoms with Crippen molar-refractivity contribution in [2.75, 3.05) is 5.73 Å². The first-order valence-corrected chi connectivity index (χ1v) is 5.09. The van der Waals surface area contributed by atoms with Crippen molar-refractivity contribution in [2.24, 2.45) is 0 Å². The topological polar surface area (TPSA) is 104 Å². The molecule has 18 heavy (non-hydrogen) atoms. The molecule has 92 valence electrons. The van der Waals surface area contributed by atoms with E-state index in [0.29, 0.717) is 11.5 Å². The van der Waals surface area contributed by atoms with Gasteiger partial charge in [0.25, 0.3) is 0 Å². The lowest BCUT2D eigenvalue weighted by atomic mass is 10.3. The molecule has 0 fully saturated rings. The monoisotopic (exact) mass is 246 g/mol. The normalized spacial score (nSPS) is 10.0. The number of nitrogens with two attached hydrogens (primary N) is 1. The molecule has 7 nitrogen and oxygen atoms in total. The van der Waals surface area contributed by atoms with Crippen LogP contribution < -0.4 is 10.5 Å². The standard InChI is InChI=1S/C11H10N4O3/c12-11-6-13-8(5-14-11)7-18-10-4-2-1-3-9(10)15(16)17/h1-6H,7H2,(H2,12,14). The molecule has 0 unspecified atom stereocenters. The smallest absolute Gasteiger partial charge is 0.310 e. The maximum absolute atomic E-state index is 10.8. The molecule has 2 rings (SSSR count). The molecular weight excluding hydrogens is 236 g/mol. The molecule has 0 bridgehead atoms. The Morgan fingerprint density at radius 2 is 2.06 bits per heavy atom. The summed E-state index contributed by atoms with van der Waals surface area (Å²) in [4.78, 5) is 18.1. The number of benzene rings is 1. The first-order valence-electron chi connectivity index (χ1n) is 5.09. The number of para-hydroxylation sites is 2. The first kappa shape index (κ1) is 11.8. The third-order valence-electron chi connectivity index (χ3n) is 2.16. The second kappa shape index (κ2) is 5.09. The molecule has 0 spiro atoms. The number of nitrogen functional groups attached to an aromatic ring is 1. The van der Waals surface area contributed by atoms with E-state index in [4.69, 9.17) is 10.5 Å². The number of hydrogen-bond donors (Lipinski definition) is 1. The molecule has 1 aromatic carbocycles. The molecule has 0 aliphatic carbocycles. The molecular formula is C11H10N4O3. The number of ether oxygens (including phenoxy) is 1. The third-order valence-corrected chi connectivity index (χ3v) is 2.16. The van der Waals surface area contributed by atoms with Crippen LogP contribution in [0.4, 0.5) is 11.5 Å². The van der Waals surface area contributed by atoms with E-state index in [1.807, 2.05) is 0 Å². The van der Waals surface area contributed by atoms with Crippen LogP contribution in [0.2, 0.25) is 0 Å². The Hall–Kier alpha value is -2.70. The Morgan fingerprint density at radius 1 is 1.28 bits per heavy atom. The molecule has 0 atom stereocenters. The van der Waals surface area contributed by atoms with Crippen molar-refractivity contribution in [3.63, 3.8) is 0 Å². The van der Waals surface area contributed by atoms with E-state index in [1.54, 1.807) is 12.1 Å². The van der Waals surface area contributed by atoms with Crippen molar-refractivity contribution in [3.8, 4) is 5.75 Å². The van der Waals surface area contributed by atoms with Crippen LogP contribution in [0.5, 0.6) is 5.75 Å². The van der Waals surface area contributed by atoms with Crippen molar-refractivity contribution < 1.29 is 9.66 Å². The van der Waals surface area contributed by atoms with Gasteiger partial charge in [0, 0.05) is 6.07 Å². The molecule has 7 heteroatoms. The minimum atomic E-state index is -0.496. The summed E-state index contributed by atoms with van der Waals surface area (Å²) in [6, 6.07) is 6.15. The van der Waals surface area contributed by atoms with Crippen molar-refractivity contribution in [1.82, 2.24) is 9.97 Å². The highest BCUT2D eigenvalue weighted by Gasteiger charge is 2.13. The number of aromatic nitrogens is 2. The van der Waals surface area contributed by atoms with Gasteiger partial charge in [-0.25, -0.2) is 4.98 Å². The van der Waals surface area contributed by atoms with Crippen LogP contribution in [0.3, 0.4) is 0 Å². The molecule has 2 aromatic rings. The van der Waals surface area contributed by atoms with Gasteiger partial charge in [0.2, 0.25) is 0 Å². The van der Waals surface area contributed by atoms with Crippen LogP contribution in [0.15, 0.2) is 36.7 Å². The Bertz CT molecular complexity index is 556. The molecule has 0 radical (unpaired) electrons. The highest BCUT2D eigenvalue weighted by Crippen LogP contribution is 2.26. The van der Waals surface area contributed by atoms with Gasteiger partial charge in [-0.05, 0) is 6.07 Å². The Morgan fingerprint density at radius 3 is 2.72 bits per heavy atom. The minimum Gasteiger partial charge on any atom is -0.480 e. The van der Waals surface area contributed by atoms with Crippen LogP contribution in [0.25, 0.3) is 0 Å².